The fraction of sp³-hybridized carbons (Fsp3) is 0.0625. The van der Waals surface area contributed by atoms with Crippen molar-refractivity contribution in [1.82, 2.24) is 9.97 Å². The van der Waals surface area contributed by atoms with E-state index in [1.54, 1.807) is 17.4 Å². The Bertz CT molecular complexity index is 1010. The lowest BCUT2D eigenvalue weighted by molar-refractivity contribution is -0.113. The van der Waals surface area contributed by atoms with E-state index in [0.717, 1.165) is 24.8 Å². The Kier molecular flexibility index (Phi) is 4.41. The first kappa shape index (κ1) is 15.8. The van der Waals surface area contributed by atoms with Crippen LogP contribution in [0.5, 0.6) is 0 Å². The Morgan fingerprint density at radius 2 is 1.92 bits per heavy atom. The summed E-state index contributed by atoms with van der Waals surface area (Å²) in [6.07, 6.45) is 0. The van der Waals surface area contributed by atoms with Crippen molar-refractivity contribution in [1.29, 1.82) is 0 Å². The van der Waals surface area contributed by atoms with Gasteiger partial charge in [0.25, 0.3) is 0 Å². The van der Waals surface area contributed by atoms with E-state index in [2.05, 4.69) is 15.3 Å². The van der Waals surface area contributed by atoms with Gasteiger partial charge in [-0.25, -0.2) is 9.97 Å². The Hall–Kier alpha value is -1.67. The number of nitrogens with zero attached hydrogens (tertiary/aromatic N) is 2. The zero-order valence-corrected chi connectivity index (χ0v) is 15.4. The van der Waals surface area contributed by atoms with Crippen LogP contribution in [0.3, 0.4) is 0 Å². The van der Waals surface area contributed by atoms with E-state index >= 15 is 0 Å². The summed E-state index contributed by atoms with van der Waals surface area (Å²) in [4.78, 5) is 21.0. The first-order valence-electron chi connectivity index (χ1n) is 7.02. The zero-order chi connectivity index (χ0) is 16.5. The molecule has 0 radical (unpaired) electrons. The van der Waals surface area contributed by atoms with Crippen molar-refractivity contribution >= 4 is 77.5 Å². The highest BCUT2D eigenvalue weighted by atomic mass is 35.5. The van der Waals surface area contributed by atoms with Crippen LogP contribution in [0.25, 0.3) is 20.4 Å². The standard InChI is InChI=1S/C16H10ClN3OS3/c17-9-5-6-11-13(7-9)23-15(18-11)20-14(21)8-22-16-19-10-3-1-2-4-12(10)24-16/h1-7H,8H2,(H,18,20,21). The number of para-hydroxylation sites is 1. The molecule has 1 amide bonds. The van der Waals surface area contributed by atoms with E-state index < -0.39 is 0 Å². The molecule has 0 atom stereocenters. The van der Waals surface area contributed by atoms with Gasteiger partial charge >= 0.3 is 0 Å². The van der Waals surface area contributed by atoms with Gasteiger partial charge in [-0.15, -0.1) is 11.3 Å². The lowest BCUT2D eigenvalue weighted by Gasteiger charge is -1.99. The highest BCUT2D eigenvalue weighted by Gasteiger charge is 2.10. The number of thiazole rings is 2. The first-order valence-corrected chi connectivity index (χ1v) is 10.0. The SMILES string of the molecule is O=C(CSc1nc2ccccc2s1)Nc1nc2ccc(Cl)cc2s1. The molecule has 0 unspecified atom stereocenters. The van der Waals surface area contributed by atoms with Crippen LogP contribution in [-0.4, -0.2) is 21.6 Å². The summed E-state index contributed by atoms with van der Waals surface area (Å²) in [5.74, 6) is 0.209. The van der Waals surface area contributed by atoms with Crippen LogP contribution in [-0.2, 0) is 4.79 Å². The van der Waals surface area contributed by atoms with Crippen LogP contribution in [0.1, 0.15) is 0 Å². The van der Waals surface area contributed by atoms with Crippen molar-refractivity contribution in [3.63, 3.8) is 0 Å². The molecule has 0 fully saturated rings. The topological polar surface area (TPSA) is 54.9 Å². The molecule has 0 bridgehead atoms. The summed E-state index contributed by atoms with van der Waals surface area (Å²) in [6.45, 7) is 0. The van der Waals surface area contributed by atoms with Crippen molar-refractivity contribution < 1.29 is 4.79 Å². The number of halogens is 1. The second-order valence-corrected chi connectivity index (χ2v) is 8.64. The molecule has 120 valence electrons. The Morgan fingerprint density at radius 1 is 1.08 bits per heavy atom. The molecule has 2 aromatic heterocycles. The molecule has 2 aromatic carbocycles. The molecule has 8 heteroatoms. The molecule has 2 heterocycles. The van der Waals surface area contributed by atoms with Crippen LogP contribution in [0.2, 0.25) is 5.02 Å². The molecule has 24 heavy (non-hydrogen) atoms. The number of fused-ring (bicyclic) bond motifs is 2. The minimum absolute atomic E-state index is 0.0931. The fourth-order valence-corrected chi connectivity index (χ4v) is 5.17. The third kappa shape index (κ3) is 3.39. The van der Waals surface area contributed by atoms with E-state index in [0.29, 0.717) is 15.9 Å². The van der Waals surface area contributed by atoms with Gasteiger partial charge in [-0.05, 0) is 30.3 Å². The van der Waals surface area contributed by atoms with Gasteiger partial charge in [-0.1, -0.05) is 46.8 Å². The summed E-state index contributed by atoms with van der Waals surface area (Å²) in [6, 6.07) is 13.4. The second kappa shape index (κ2) is 6.68. The van der Waals surface area contributed by atoms with E-state index in [9.17, 15) is 4.79 Å². The molecule has 0 aliphatic carbocycles. The third-order valence-corrected chi connectivity index (χ3v) is 6.55. The maximum Gasteiger partial charge on any atom is 0.236 e. The van der Waals surface area contributed by atoms with Crippen molar-refractivity contribution in [3.05, 3.63) is 47.5 Å². The normalized spacial score (nSPS) is 11.2. The van der Waals surface area contributed by atoms with Gasteiger partial charge in [0.1, 0.15) is 0 Å². The van der Waals surface area contributed by atoms with Crippen LogP contribution in [0.4, 0.5) is 5.13 Å². The number of benzene rings is 2. The first-order chi connectivity index (χ1) is 11.7. The molecular formula is C16H10ClN3OS3. The average molecular weight is 392 g/mol. The molecule has 0 saturated heterocycles. The van der Waals surface area contributed by atoms with Crippen molar-refractivity contribution in [2.45, 2.75) is 4.34 Å². The molecule has 0 aliphatic rings. The fourth-order valence-electron chi connectivity index (χ4n) is 2.15. The number of carbonyl (C=O) groups is 1. The van der Waals surface area contributed by atoms with E-state index in [4.69, 9.17) is 11.6 Å². The smallest absolute Gasteiger partial charge is 0.236 e. The lowest BCUT2D eigenvalue weighted by Crippen LogP contribution is -2.13. The molecule has 0 saturated carbocycles. The van der Waals surface area contributed by atoms with E-state index in [1.807, 2.05) is 36.4 Å². The van der Waals surface area contributed by atoms with Crippen molar-refractivity contribution in [2.24, 2.45) is 0 Å². The Balaban J connectivity index is 1.42. The number of aromatic nitrogens is 2. The average Bonchev–Trinajstić information content (AvgIpc) is 3.15. The van der Waals surface area contributed by atoms with Gasteiger partial charge in [0.2, 0.25) is 5.91 Å². The van der Waals surface area contributed by atoms with Crippen LogP contribution in [0.15, 0.2) is 46.8 Å². The van der Waals surface area contributed by atoms with Gasteiger partial charge in [-0.2, -0.15) is 0 Å². The predicted octanol–water partition coefficient (Wildman–Crippen LogP) is 5.29. The number of nitrogens with one attached hydrogen (secondary N) is 1. The summed E-state index contributed by atoms with van der Waals surface area (Å²) >= 11 is 10.4. The molecule has 0 aliphatic heterocycles. The van der Waals surface area contributed by atoms with Crippen LogP contribution >= 0.6 is 46.0 Å². The summed E-state index contributed by atoms with van der Waals surface area (Å²) in [5, 5.41) is 4.08. The Morgan fingerprint density at radius 3 is 2.79 bits per heavy atom. The van der Waals surface area contributed by atoms with E-state index in [-0.39, 0.29) is 5.91 Å². The molecular weight excluding hydrogens is 382 g/mol. The number of thioether (sulfide) groups is 1. The van der Waals surface area contributed by atoms with Gasteiger partial charge in [0, 0.05) is 5.02 Å². The Labute approximate surface area is 154 Å². The van der Waals surface area contributed by atoms with Crippen LogP contribution < -0.4 is 5.32 Å². The summed E-state index contributed by atoms with van der Waals surface area (Å²) < 4.78 is 2.97. The lowest BCUT2D eigenvalue weighted by atomic mass is 10.3. The largest absolute Gasteiger partial charge is 0.301 e. The predicted molar refractivity (Wildman–Crippen MR) is 104 cm³/mol. The van der Waals surface area contributed by atoms with E-state index in [1.165, 1.54) is 23.1 Å². The third-order valence-electron chi connectivity index (χ3n) is 3.20. The number of amides is 1. The monoisotopic (exact) mass is 391 g/mol. The van der Waals surface area contributed by atoms with Gasteiger partial charge in [-0.3, -0.25) is 4.79 Å². The molecule has 0 spiro atoms. The number of carbonyl (C=O) groups excluding carboxylic acids is 1. The highest BCUT2D eigenvalue weighted by molar-refractivity contribution is 8.01. The minimum atomic E-state index is -0.0931. The number of hydrogen-bond donors (Lipinski definition) is 1. The van der Waals surface area contributed by atoms with Crippen molar-refractivity contribution in [2.75, 3.05) is 11.1 Å². The summed E-state index contributed by atoms with van der Waals surface area (Å²) in [7, 11) is 0. The maximum absolute atomic E-state index is 12.1. The number of hydrogen-bond acceptors (Lipinski definition) is 6. The quantitative estimate of drug-likeness (QED) is 0.480. The molecule has 4 rings (SSSR count). The number of rotatable bonds is 4. The minimum Gasteiger partial charge on any atom is -0.301 e. The second-order valence-electron chi connectivity index (χ2n) is 4.92. The molecule has 1 N–H and O–H groups in total. The molecule has 4 aromatic rings. The van der Waals surface area contributed by atoms with Gasteiger partial charge < -0.3 is 5.32 Å². The number of anilines is 1. The van der Waals surface area contributed by atoms with Crippen LogP contribution in [0, 0.1) is 0 Å². The zero-order valence-electron chi connectivity index (χ0n) is 12.2. The molecule has 4 nitrogen and oxygen atoms in total. The highest BCUT2D eigenvalue weighted by Crippen LogP contribution is 2.30. The van der Waals surface area contributed by atoms with Crippen molar-refractivity contribution in [3.8, 4) is 0 Å². The summed E-state index contributed by atoms with van der Waals surface area (Å²) in [5.41, 5.74) is 1.80. The van der Waals surface area contributed by atoms with Gasteiger partial charge in [0.15, 0.2) is 9.47 Å². The van der Waals surface area contributed by atoms with Gasteiger partial charge in [0.05, 0.1) is 26.2 Å². The maximum atomic E-state index is 12.1.